The number of nitrogens with zero attached hydrogens (tertiary/aromatic N) is 1. The number of hydrogen-bond donors (Lipinski definition) is 1. The van der Waals surface area contributed by atoms with Crippen molar-refractivity contribution >= 4 is 5.78 Å². The predicted octanol–water partition coefficient (Wildman–Crippen LogP) is 1.02. The van der Waals surface area contributed by atoms with Gasteiger partial charge in [0.15, 0.2) is 0 Å². The summed E-state index contributed by atoms with van der Waals surface area (Å²) >= 11 is 0. The first kappa shape index (κ1) is 11.7. The minimum absolute atomic E-state index is 0.158. The molecule has 0 aromatic carbocycles. The summed E-state index contributed by atoms with van der Waals surface area (Å²) in [5.74, 6) is 0.736. The highest BCUT2D eigenvalue weighted by atomic mass is 16.1. The molecule has 0 amide bonds. The zero-order valence-corrected chi connectivity index (χ0v) is 9.33. The van der Waals surface area contributed by atoms with E-state index in [9.17, 15) is 4.79 Å². The van der Waals surface area contributed by atoms with Crippen molar-refractivity contribution in [3.8, 4) is 0 Å². The quantitative estimate of drug-likeness (QED) is 0.733. The molecule has 1 atom stereocenters. The Morgan fingerprint density at radius 1 is 1.50 bits per heavy atom. The van der Waals surface area contributed by atoms with Gasteiger partial charge in [-0.1, -0.05) is 0 Å². The van der Waals surface area contributed by atoms with E-state index in [1.807, 2.05) is 6.92 Å². The average Bonchev–Trinajstić information content (AvgIpc) is 2.15. The number of carbonyl (C=O) groups is 1. The molecule has 1 fully saturated rings. The summed E-state index contributed by atoms with van der Waals surface area (Å²) < 4.78 is 0. The van der Waals surface area contributed by atoms with Crippen molar-refractivity contribution in [1.82, 2.24) is 4.90 Å². The Balaban J connectivity index is 2.24. The van der Waals surface area contributed by atoms with Crippen LogP contribution in [0, 0.1) is 5.92 Å². The van der Waals surface area contributed by atoms with E-state index in [4.69, 9.17) is 5.73 Å². The van der Waals surface area contributed by atoms with Crippen molar-refractivity contribution in [2.45, 2.75) is 38.6 Å². The molecule has 0 aromatic rings. The van der Waals surface area contributed by atoms with Crippen LogP contribution in [0.1, 0.15) is 32.6 Å². The van der Waals surface area contributed by atoms with Gasteiger partial charge < -0.3 is 10.6 Å². The summed E-state index contributed by atoms with van der Waals surface area (Å²) in [5.41, 5.74) is 5.63. The third kappa shape index (κ3) is 3.76. The molecular weight excluding hydrogens is 176 g/mol. The van der Waals surface area contributed by atoms with Gasteiger partial charge in [0, 0.05) is 18.4 Å². The van der Waals surface area contributed by atoms with Crippen molar-refractivity contribution < 1.29 is 4.79 Å². The molecule has 14 heavy (non-hydrogen) atoms. The van der Waals surface area contributed by atoms with E-state index in [0.717, 1.165) is 32.4 Å². The summed E-state index contributed by atoms with van der Waals surface area (Å²) in [6.07, 6.45) is 3.58. The lowest BCUT2D eigenvalue weighted by Gasteiger charge is -2.28. The number of ketones is 1. The van der Waals surface area contributed by atoms with Crippen molar-refractivity contribution in [2.24, 2.45) is 11.7 Å². The molecule has 0 aliphatic carbocycles. The highest BCUT2D eigenvalue weighted by molar-refractivity contribution is 5.81. The number of rotatable bonds is 4. The van der Waals surface area contributed by atoms with Crippen LogP contribution < -0.4 is 5.73 Å². The summed E-state index contributed by atoms with van der Waals surface area (Å²) in [7, 11) is 2.11. The van der Waals surface area contributed by atoms with Gasteiger partial charge in [0.05, 0.1) is 0 Å². The molecule has 0 saturated carbocycles. The lowest BCUT2D eigenvalue weighted by atomic mass is 9.90. The van der Waals surface area contributed by atoms with E-state index in [-0.39, 0.29) is 6.04 Å². The molecule has 0 bridgehead atoms. The van der Waals surface area contributed by atoms with Crippen molar-refractivity contribution in [1.29, 1.82) is 0 Å². The van der Waals surface area contributed by atoms with Crippen LogP contribution in [0.2, 0.25) is 0 Å². The molecule has 1 aliphatic rings. The largest absolute Gasteiger partial charge is 0.328 e. The number of carbonyl (C=O) groups excluding carboxylic acids is 1. The average molecular weight is 198 g/mol. The monoisotopic (exact) mass is 198 g/mol. The molecule has 0 radical (unpaired) electrons. The minimum atomic E-state index is 0.158. The normalized spacial score (nSPS) is 22.2. The maximum absolute atomic E-state index is 11.7. The van der Waals surface area contributed by atoms with Crippen LogP contribution in [0.5, 0.6) is 0 Å². The Labute approximate surface area is 86.6 Å². The molecule has 1 rings (SSSR count). The smallest absolute Gasteiger partial charge is 0.136 e. The lowest BCUT2D eigenvalue weighted by molar-refractivity contribution is -0.124. The van der Waals surface area contributed by atoms with Gasteiger partial charge in [0.2, 0.25) is 0 Å². The van der Waals surface area contributed by atoms with Gasteiger partial charge in [-0.25, -0.2) is 0 Å². The van der Waals surface area contributed by atoms with Crippen molar-refractivity contribution in [2.75, 3.05) is 20.1 Å². The van der Waals surface area contributed by atoms with Crippen molar-refractivity contribution in [3.63, 3.8) is 0 Å². The third-order valence-corrected chi connectivity index (χ3v) is 3.02. The molecule has 2 N–H and O–H groups in total. The SMILES string of the molecule is CC(N)CCC(=O)C1CCN(C)CC1. The Bertz CT molecular complexity index is 184. The van der Waals surface area contributed by atoms with Crippen LogP contribution in [0.15, 0.2) is 0 Å². The van der Waals surface area contributed by atoms with Gasteiger partial charge in [-0.05, 0) is 46.3 Å². The van der Waals surface area contributed by atoms with E-state index < -0.39 is 0 Å². The molecule has 1 saturated heterocycles. The second kappa shape index (κ2) is 5.47. The van der Waals surface area contributed by atoms with Gasteiger partial charge in [-0.2, -0.15) is 0 Å². The van der Waals surface area contributed by atoms with Crippen LogP contribution in [-0.4, -0.2) is 36.9 Å². The maximum atomic E-state index is 11.7. The van der Waals surface area contributed by atoms with Gasteiger partial charge in [-0.15, -0.1) is 0 Å². The van der Waals surface area contributed by atoms with Crippen LogP contribution in [0.25, 0.3) is 0 Å². The number of likely N-dealkylation sites (tertiary alicyclic amines) is 1. The Morgan fingerprint density at radius 3 is 2.57 bits per heavy atom. The van der Waals surface area contributed by atoms with E-state index in [1.54, 1.807) is 0 Å². The molecule has 1 unspecified atom stereocenters. The second-order valence-electron chi connectivity index (χ2n) is 4.56. The van der Waals surface area contributed by atoms with Gasteiger partial charge in [0.25, 0.3) is 0 Å². The number of piperidine rings is 1. The van der Waals surface area contributed by atoms with Crippen molar-refractivity contribution in [3.05, 3.63) is 0 Å². The predicted molar refractivity (Wildman–Crippen MR) is 58.1 cm³/mol. The summed E-state index contributed by atoms with van der Waals surface area (Å²) in [6, 6.07) is 0.158. The van der Waals surface area contributed by atoms with Crippen LogP contribution >= 0.6 is 0 Å². The van der Waals surface area contributed by atoms with Gasteiger partial charge >= 0.3 is 0 Å². The fraction of sp³-hybridized carbons (Fsp3) is 0.909. The summed E-state index contributed by atoms with van der Waals surface area (Å²) in [6.45, 7) is 4.09. The number of Topliss-reactive ketones (excluding diaryl/α,β-unsaturated/α-hetero) is 1. The Morgan fingerprint density at radius 2 is 2.07 bits per heavy atom. The molecule has 3 heteroatoms. The summed E-state index contributed by atoms with van der Waals surface area (Å²) in [4.78, 5) is 14.0. The molecule has 82 valence electrons. The fourth-order valence-corrected chi connectivity index (χ4v) is 1.90. The van der Waals surface area contributed by atoms with E-state index in [2.05, 4.69) is 11.9 Å². The van der Waals surface area contributed by atoms with E-state index >= 15 is 0 Å². The molecule has 1 heterocycles. The highest BCUT2D eigenvalue weighted by Crippen LogP contribution is 2.19. The first-order chi connectivity index (χ1) is 6.59. The molecule has 1 aliphatic heterocycles. The van der Waals surface area contributed by atoms with Crippen LogP contribution in [0.4, 0.5) is 0 Å². The van der Waals surface area contributed by atoms with Gasteiger partial charge in [0.1, 0.15) is 5.78 Å². The molecule has 0 spiro atoms. The summed E-state index contributed by atoms with van der Waals surface area (Å²) in [5, 5.41) is 0. The maximum Gasteiger partial charge on any atom is 0.136 e. The first-order valence-electron chi connectivity index (χ1n) is 5.56. The number of hydrogen-bond acceptors (Lipinski definition) is 3. The van der Waals surface area contributed by atoms with Gasteiger partial charge in [-0.3, -0.25) is 4.79 Å². The van der Waals surface area contributed by atoms with E-state index in [0.29, 0.717) is 18.1 Å². The minimum Gasteiger partial charge on any atom is -0.328 e. The first-order valence-corrected chi connectivity index (χ1v) is 5.56. The van der Waals surface area contributed by atoms with E-state index in [1.165, 1.54) is 0 Å². The number of nitrogens with two attached hydrogens (primary N) is 1. The zero-order valence-electron chi connectivity index (χ0n) is 9.33. The zero-order chi connectivity index (χ0) is 10.6. The molecule has 3 nitrogen and oxygen atoms in total. The van der Waals surface area contributed by atoms with Crippen LogP contribution in [-0.2, 0) is 4.79 Å². The molecule has 0 aromatic heterocycles. The topological polar surface area (TPSA) is 46.3 Å². The standard InChI is InChI=1S/C11H22N2O/c1-9(12)3-4-11(14)10-5-7-13(2)8-6-10/h9-10H,3-8,12H2,1-2H3. The molecular formula is C11H22N2O. The highest BCUT2D eigenvalue weighted by Gasteiger charge is 2.22. The second-order valence-corrected chi connectivity index (χ2v) is 4.56. The lowest BCUT2D eigenvalue weighted by Crippen LogP contribution is -2.33. The Hall–Kier alpha value is -0.410. The Kier molecular flexibility index (Phi) is 4.55. The van der Waals surface area contributed by atoms with Crippen LogP contribution in [0.3, 0.4) is 0 Å². The fourth-order valence-electron chi connectivity index (χ4n) is 1.90. The third-order valence-electron chi connectivity index (χ3n) is 3.02.